The normalized spacial score (nSPS) is 22.3. The lowest BCUT2D eigenvalue weighted by Crippen LogP contribution is -2.44. The molecule has 116 valence electrons. The number of hydrogen-bond acceptors (Lipinski definition) is 2. The largest absolute Gasteiger partial charge is 0.352 e. The van der Waals surface area contributed by atoms with E-state index >= 15 is 0 Å². The molecule has 0 bridgehead atoms. The number of likely N-dealkylation sites (N-methyl/N-ethyl adjacent to an activating group) is 1. The van der Waals surface area contributed by atoms with Gasteiger partial charge in [0.05, 0.1) is 6.54 Å². The van der Waals surface area contributed by atoms with Crippen LogP contribution < -0.4 is 5.32 Å². The molecule has 1 saturated carbocycles. The zero-order valence-corrected chi connectivity index (χ0v) is 12.9. The molecule has 0 saturated heterocycles. The molecule has 1 amide bonds. The molecule has 0 radical (unpaired) electrons. The van der Waals surface area contributed by atoms with Crippen molar-refractivity contribution in [2.75, 3.05) is 13.6 Å². The van der Waals surface area contributed by atoms with Crippen molar-refractivity contribution in [2.24, 2.45) is 5.92 Å². The van der Waals surface area contributed by atoms with Crippen LogP contribution in [-0.2, 0) is 11.3 Å². The Morgan fingerprint density at radius 1 is 1.33 bits per heavy atom. The molecule has 1 aromatic rings. The average molecular weight is 292 g/mol. The van der Waals surface area contributed by atoms with Crippen molar-refractivity contribution in [3.63, 3.8) is 0 Å². The van der Waals surface area contributed by atoms with Crippen molar-refractivity contribution in [3.05, 3.63) is 35.6 Å². The molecule has 0 aliphatic heterocycles. The minimum absolute atomic E-state index is 0.0348. The van der Waals surface area contributed by atoms with E-state index in [0.717, 1.165) is 6.42 Å². The molecule has 2 atom stereocenters. The maximum Gasteiger partial charge on any atom is 0.234 e. The monoisotopic (exact) mass is 292 g/mol. The topological polar surface area (TPSA) is 32.3 Å². The van der Waals surface area contributed by atoms with Crippen LogP contribution >= 0.6 is 0 Å². The molecule has 3 nitrogen and oxygen atoms in total. The van der Waals surface area contributed by atoms with Crippen molar-refractivity contribution < 1.29 is 9.18 Å². The summed E-state index contributed by atoms with van der Waals surface area (Å²) in [6.07, 6.45) is 4.72. The summed E-state index contributed by atoms with van der Waals surface area (Å²) in [5, 5.41) is 3.13. The number of amides is 1. The summed E-state index contributed by atoms with van der Waals surface area (Å²) in [6, 6.07) is 7.00. The molecule has 1 N–H and O–H groups in total. The van der Waals surface area contributed by atoms with Crippen LogP contribution in [0.3, 0.4) is 0 Å². The summed E-state index contributed by atoms with van der Waals surface area (Å²) in [7, 11) is 1.84. The van der Waals surface area contributed by atoms with Crippen molar-refractivity contribution in [3.8, 4) is 0 Å². The summed E-state index contributed by atoms with van der Waals surface area (Å²) >= 11 is 0. The SMILES string of the molecule is CC1CCCCC1NC(=O)CN(C)Cc1ccccc1F. The Balaban J connectivity index is 1.80. The number of benzene rings is 1. The second kappa shape index (κ2) is 7.55. The van der Waals surface area contributed by atoms with E-state index in [1.54, 1.807) is 12.1 Å². The molecule has 21 heavy (non-hydrogen) atoms. The Labute approximate surface area is 126 Å². The second-order valence-electron chi connectivity index (χ2n) is 6.20. The van der Waals surface area contributed by atoms with Gasteiger partial charge in [0.15, 0.2) is 0 Å². The van der Waals surface area contributed by atoms with Gasteiger partial charge in [-0.25, -0.2) is 4.39 Å². The van der Waals surface area contributed by atoms with Crippen LogP contribution in [0.1, 0.15) is 38.2 Å². The molecule has 1 fully saturated rings. The third-order valence-electron chi connectivity index (χ3n) is 4.27. The average Bonchev–Trinajstić information content (AvgIpc) is 2.44. The molecule has 0 spiro atoms. The van der Waals surface area contributed by atoms with E-state index < -0.39 is 0 Å². The summed E-state index contributed by atoms with van der Waals surface area (Å²) in [5.41, 5.74) is 0.624. The van der Waals surface area contributed by atoms with E-state index in [1.165, 1.54) is 25.3 Å². The molecule has 1 aromatic carbocycles. The lowest BCUT2D eigenvalue weighted by Gasteiger charge is -2.30. The minimum Gasteiger partial charge on any atom is -0.352 e. The molecule has 0 aromatic heterocycles. The summed E-state index contributed by atoms with van der Waals surface area (Å²) in [5.74, 6) is 0.373. The van der Waals surface area contributed by atoms with Crippen LogP contribution in [0.5, 0.6) is 0 Å². The fourth-order valence-corrected chi connectivity index (χ4v) is 3.00. The van der Waals surface area contributed by atoms with Crippen LogP contribution in [0.2, 0.25) is 0 Å². The number of carbonyl (C=O) groups excluding carboxylic acids is 1. The van der Waals surface area contributed by atoms with Crippen LogP contribution in [0.15, 0.2) is 24.3 Å². The third kappa shape index (κ3) is 4.81. The zero-order valence-electron chi connectivity index (χ0n) is 12.9. The molecule has 2 rings (SSSR count). The van der Waals surface area contributed by atoms with Gasteiger partial charge in [-0.1, -0.05) is 38.0 Å². The van der Waals surface area contributed by atoms with E-state index in [9.17, 15) is 9.18 Å². The lowest BCUT2D eigenvalue weighted by molar-refractivity contribution is -0.123. The maximum absolute atomic E-state index is 13.6. The van der Waals surface area contributed by atoms with Crippen molar-refractivity contribution in [2.45, 2.75) is 45.2 Å². The highest BCUT2D eigenvalue weighted by Gasteiger charge is 2.23. The highest BCUT2D eigenvalue weighted by atomic mass is 19.1. The number of nitrogens with one attached hydrogen (secondary N) is 1. The quantitative estimate of drug-likeness (QED) is 0.905. The number of carbonyl (C=O) groups is 1. The Kier molecular flexibility index (Phi) is 5.74. The summed E-state index contributed by atoms with van der Waals surface area (Å²) in [6.45, 7) is 2.95. The smallest absolute Gasteiger partial charge is 0.234 e. The predicted octanol–water partition coefficient (Wildman–Crippen LogP) is 2.95. The first-order chi connectivity index (χ1) is 10.1. The fraction of sp³-hybridized carbons (Fsp3) is 0.588. The first-order valence-corrected chi connectivity index (χ1v) is 7.77. The van der Waals surface area contributed by atoms with Gasteiger partial charge in [-0.15, -0.1) is 0 Å². The van der Waals surface area contributed by atoms with Gasteiger partial charge in [0.2, 0.25) is 5.91 Å². The minimum atomic E-state index is -0.217. The molecular formula is C17H25FN2O. The van der Waals surface area contributed by atoms with Gasteiger partial charge < -0.3 is 5.32 Å². The van der Waals surface area contributed by atoms with E-state index in [4.69, 9.17) is 0 Å². The van der Waals surface area contributed by atoms with E-state index in [-0.39, 0.29) is 11.7 Å². The highest BCUT2D eigenvalue weighted by Crippen LogP contribution is 2.23. The highest BCUT2D eigenvalue weighted by molar-refractivity contribution is 5.78. The first kappa shape index (κ1) is 16.0. The van der Waals surface area contributed by atoms with Gasteiger partial charge in [0.25, 0.3) is 0 Å². The number of nitrogens with zero attached hydrogens (tertiary/aromatic N) is 1. The molecule has 2 unspecified atom stereocenters. The van der Waals surface area contributed by atoms with E-state index in [1.807, 2.05) is 18.0 Å². The number of rotatable bonds is 5. The van der Waals surface area contributed by atoms with Gasteiger partial charge in [0, 0.05) is 18.2 Å². The molecule has 4 heteroatoms. The second-order valence-corrected chi connectivity index (χ2v) is 6.20. The van der Waals surface area contributed by atoms with Crippen LogP contribution in [0.25, 0.3) is 0 Å². The Bertz CT molecular complexity index is 478. The van der Waals surface area contributed by atoms with Gasteiger partial charge >= 0.3 is 0 Å². The number of hydrogen-bond donors (Lipinski definition) is 1. The van der Waals surface area contributed by atoms with Crippen LogP contribution in [-0.4, -0.2) is 30.4 Å². The maximum atomic E-state index is 13.6. The van der Waals surface area contributed by atoms with Crippen LogP contribution in [0.4, 0.5) is 4.39 Å². The van der Waals surface area contributed by atoms with Gasteiger partial charge in [-0.2, -0.15) is 0 Å². The standard InChI is InChI=1S/C17H25FN2O/c1-13-7-3-6-10-16(13)19-17(21)12-20(2)11-14-8-4-5-9-15(14)18/h4-5,8-9,13,16H,3,6-7,10-12H2,1-2H3,(H,19,21). The fourth-order valence-electron chi connectivity index (χ4n) is 3.00. The Morgan fingerprint density at radius 3 is 2.76 bits per heavy atom. The van der Waals surface area contributed by atoms with E-state index in [0.29, 0.717) is 30.6 Å². The van der Waals surface area contributed by atoms with Crippen molar-refractivity contribution in [1.29, 1.82) is 0 Å². The molecule has 1 aliphatic carbocycles. The van der Waals surface area contributed by atoms with Gasteiger partial charge in [0.1, 0.15) is 5.82 Å². The first-order valence-electron chi connectivity index (χ1n) is 7.77. The van der Waals surface area contributed by atoms with Gasteiger partial charge in [-0.05, 0) is 31.9 Å². The molecule has 0 heterocycles. The van der Waals surface area contributed by atoms with Crippen LogP contribution in [0, 0.1) is 11.7 Å². The summed E-state index contributed by atoms with van der Waals surface area (Å²) in [4.78, 5) is 13.9. The number of halogens is 1. The van der Waals surface area contributed by atoms with Crippen molar-refractivity contribution in [1.82, 2.24) is 10.2 Å². The van der Waals surface area contributed by atoms with E-state index in [2.05, 4.69) is 12.2 Å². The predicted molar refractivity (Wildman–Crippen MR) is 82.3 cm³/mol. The van der Waals surface area contributed by atoms with Gasteiger partial charge in [-0.3, -0.25) is 9.69 Å². The zero-order chi connectivity index (χ0) is 15.2. The Morgan fingerprint density at radius 2 is 2.05 bits per heavy atom. The molecule has 1 aliphatic rings. The lowest BCUT2D eigenvalue weighted by atomic mass is 9.86. The Hall–Kier alpha value is -1.42. The molecular weight excluding hydrogens is 267 g/mol. The van der Waals surface area contributed by atoms with Crippen molar-refractivity contribution >= 4 is 5.91 Å². The third-order valence-corrected chi connectivity index (χ3v) is 4.27. The summed E-state index contributed by atoms with van der Waals surface area (Å²) < 4.78 is 13.6.